The third kappa shape index (κ3) is 5.63. The first kappa shape index (κ1) is 21.8. The topological polar surface area (TPSA) is 30.9 Å². The first-order chi connectivity index (χ1) is 14.5. The Labute approximate surface area is 192 Å². The number of halogens is 2. The number of likely N-dealkylation sites (tertiary alicyclic amines) is 1. The van der Waals surface area contributed by atoms with Crippen molar-refractivity contribution in [3.63, 3.8) is 0 Å². The molecule has 0 aliphatic carbocycles. The second kappa shape index (κ2) is 9.80. The molecule has 4 rings (SSSR count). The second-order valence-electron chi connectivity index (χ2n) is 8.50. The third-order valence-corrected chi connectivity index (χ3v) is 6.58. The number of rotatable bonds is 7. The number of nitrogens with zero attached hydrogens (tertiary/aromatic N) is 1. The molecule has 6 heteroatoms. The van der Waals surface area contributed by atoms with Gasteiger partial charge in [-0.05, 0) is 93.9 Å². The fourth-order valence-electron chi connectivity index (χ4n) is 4.26. The summed E-state index contributed by atoms with van der Waals surface area (Å²) in [6, 6.07) is 10.4. The highest BCUT2D eigenvalue weighted by Crippen LogP contribution is 2.37. The molecular formula is C24H29BrClNO3. The minimum Gasteiger partial charge on any atom is -0.491 e. The molecule has 2 heterocycles. The fraction of sp³-hybridized carbons (Fsp3) is 0.500. The SMILES string of the molecule is CC(C)Oc1cc(Br)cc(CC2CCN(CCc3cc4c(cc3Cl)OCO4)CC2)c1. The van der Waals surface area contributed by atoms with E-state index in [4.69, 9.17) is 25.8 Å². The molecule has 0 saturated carbocycles. The molecule has 0 atom stereocenters. The number of hydrogen-bond acceptors (Lipinski definition) is 4. The maximum atomic E-state index is 6.43. The van der Waals surface area contributed by atoms with Gasteiger partial charge in [0.1, 0.15) is 5.75 Å². The van der Waals surface area contributed by atoms with Crippen LogP contribution in [0.2, 0.25) is 5.02 Å². The summed E-state index contributed by atoms with van der Waals surface area (Å²) in [5, 5.41) is 0.767. The van der Waals surface area contributed by atoms with Crippen LogP contribution in [-0.2, 0) is 12.8 Å². The van der Waals surface area contributed by atoms with Crippen LogP contribution < -0.4 is 14.2 Å². The van der Waals surface area contributed by atoms with Gasteiger partial charge >= 0.3 is 0 Å². The van der Waals surface area contributed by atoms with E-state index < -0.39 is 0 Å². The molecule has 30 heavy (non-hydrogen) atoms. The first-order valence-electron chi connectivity index (χ1n) is 10.7. The van der Waals surface area contributed by atoms with Gasteiger partial charge in [0.25, 0.3) is 0 Å². The maximum absolute atomic E-state index is 6.43. The molecular weight excluding hydrogens is 466 g/mol. The highest BCUT2D eigenvalue weighted by atomic mass is 79.9. The molecule has 2 aliphatic rings. The van der Waals surface area contributed by atoms with Crippen molar-refractivity contribution in [2.24, 2.45) is 5.92 Å². The van der Waals surface area contributed by atoms with Gasteiger partial charge in [0.15, 0.2) is 11.5 Å². The largest absolute Gasteiger partial charge is 0.491 e. The molecule has 1 fully saturated rings. The van der Waals surface area contributed by atoms with Crippen LogP contribution in [0.15, 0.2) is 34.8 Å². The molecule has 2 aliphatic heterocycles. The van der Waals surface area contributed by atoms with E-state index in [1.165, 1.54) is 18.4 Å². The van der Waals surface area contributed by atoms with Crippen LogP contribution in [0.25, 0.3) is 0 Å². The predicted octanol–water partition coefficient (Wildman–Crippen LogP) is 6.12. The van der Waals surface area contributed by atoms with Crippen LogP contribution in [0.3, 0.4) is 0 Å². The zero-order valence-corrected chi connectivity index (χ0v) is 20.0. The zero-order chi connectivity index (χ0) is 21.1. The molecule has 0 N–H and O–H groups in total. The zero-order valence-electron chi connectivity index (χ0n) is 17.6. The number of piperidine rings is 1. The van der Waals surface area contributed by atoms with E-state index in [2.05, 4.69) is 46.8 Å². The van der Waals surface area contributed by atoms with E-state index in [1.807, 2.05) is 18.2 Å². The summed E-state index contributed by atoms with van der Waals surface area (Å²) < 4.78 is 17.9. The molecule has 4 nitrogen and oxygen atoms in total. The normalized spacial score (nSPS) is 17.0. The summed E-state index contributed by atoms with van der Waals surface area (Å²) >= 11 is 10.1. The summed E-state index contributed by atoms with van der Waals surface area (Å²) in [6.45, 7) is 7.70. The van der Waals surface area contributed by atoms with Crippen molar-refractivity contribution in [1.29, 1.82) is 0 Å². The smallest absolute Gasteiger partial charge is 0.231 e. The lowest BCUT2D eigenvalue weighted by molar-refractivity contribution is 0.174. The average molecular weight is 495 g/mol. The quantitative estimate of drug-likeness (QED) is 0.464. The number of ether oxygens (including phenoxy) is 3. The Hall–Kier alpha value is -1.43. The molecule has 2 aromatic rings. The number of fused-ring (bicyclic) bond motifs is 1. The van der Waals surface area contributed by atoms with Crippen LogP contribution in [0, 0.1) is 5.92 Å². The van der Waals surface area contributed by atoms with E-state index in [-0.39, 0.29) is 12.9 Å². The van der Waals surface area contributed by atoms with Gasteiger partial charge in [-0.2, -0.15) is 0 Å². The molecule has 2 aromatic carbocycles. The Morgan fingerprint density at radius 1 is 1.10 bits per heavy atom. The number of hydrogen-bond donors (Lipinski definition) is 0. The molecule has 0 amide bonds. The third-order valence-electron chi connectivity index (χ3n) is 5.77. The number of benzene rings is 2. The second-order valence-corrected chi connectivity index (χ2v) is 9.82. The van der Waals surface area contributed by atoms with Crippen molar-refractivity contribution in [3.8, 4) is 17.2 Å². The van der Waals surface area contributed by atoms with Gasteiger partial charge < -0.3 is 19.1 Å². The summed E-state index contributed by atoms with van der Waals surface area (Å²) in [7, 11) is 0. The average Bonchev–Trinajstić information content (AvgIpc) is 3.13. The highest BCUT2D eigenvalue weighted by Gasteiger charge is 2.21. The van der Waals surface area contributed by atoms with Crippen LogP contribution in [0.1, 0.15) is 37.8 Å². The van der Waals surface area contributed by atoms with Crippen molar-refractivity contribution < 1.29 is 14.2 Å². The molecule has 0 bridgehead atoms. The minimum absolute atomic E-state index is 0.189. The van der Waals surface area contributed by atoms with Crippen molar-refractivity contribution in [1.82, 2.24) is 4.90 Å². The lowest BCUT2D eigenvalue weighted by atomic mass is 9.90. The van der Waals surface area contributed by atoms with Gasteiger partial charge in [-0.25, -0.2) is 0 Å². The van der Waals surface area contributed by atoms with E-state index in [0.29, 0.717) is 0 Å². The van der Waals surface area contributed by atoms with E-state index >= 15 is 0 Å². The first-order valence-corrected chi connectivity index (χ1v) is 11.9. The Kier molecular flexibility index (Phi) is 7.12. The molecule has 0 radical (unpaired) electrons. The Morgan fingerprint density at radius 2 is 1.83 bits per heavy atom. The molecule has 162 valence electrons. The lowest BCUT2D eigenvalue weighted by Gasteiger charge is -2.32. The Bertz CT molecular complexity index is 881. The summed E-state index contributed by atoms with van der Waals surface area (Å²) in [5.41, 5.74) is 2.49. The van der Waals surface area contributed by atoms with Gasteiger partial charge in [-0.15, -0.1) is 0 Å². The summed E-state index contributed by atoms with van der Waals surface area (Å²) in [6.07, 6.45) is 4.68. The standard InChI is InChI=1S/C24H29BrClNO3/c1-16(2)30-21-11-18(10-20(25)13-21)9-17-3-6-27(7-4-17)8-5-19-12-23-24(14-22(19)26)29-15-28-23/h10-14,16-17H,3-9,15H2,1-2H3. The van der Waals surface area contributed by atoms with Crippen LogP contribution in [0.4, 0.5) is 0 Å². The van der Waals surface area contributed by atoms with Gasteiger partial charge in [-0.3, -0.25) is 0 Å². The van der Waals surface area contributed by atoms with Crippen molar-refractivity contribution in [3.05, 3.63) is 51.0 Å². The van der Waals surface area contributed by atoms with Gasteiger partial charge in [0.05, 0.1) is 6.10 Å². The molecule has 0 spiro atoms. The monoisotopic (exact) mass is 493 g/mol. The molecule has 0 aromatic heterocycles. The van der Waals surface area contributed by atoms with Crippen LogP contribution in [0.5, 0.6) is 17.2 Å². The van der Waals surface area contributed by atoms with E-state index in [0.717, 1.165) is 70.7 Å². The highest BCUT2D eigenvalue weighted by molar-refractivity contribution is 9.10. The molecule has 0 unspecified atom stereocenters. The van der Waals surface area contributed by atoms with Crippen LogP contribution in [-0.4, -0.2) is 37.4 Å². The van der Waals surface area contributed by atoms with Crippen molar-refractivity contribution in [2.75, 3.05) is 26.4 Å². The Balaban J connectivity index is 1.27. The lowest BCUT2D eigenvalue weighted by Crippen LogP contribution is -2.35. The molecule has 1 saturated heterocycles. The maximum Gasteiger partial charge on any atom is 0.231 e. The van der Waals surface area contributed by atoms with Gasteiger partial charge in [0.2, 0.25) is 6.79 Å². The Morgan fingerprint density at radius 3 is 2.57 bits per heavy atom. The minimum atomic E-state index is 0.189. The van der Waals surface area contributed by atoms with Crippen molar-refractivity contribution >= 4 is 27.5 Å². The van der Waals surface area contributed by atoms with Gasteiger partial charge in [0, 0.05) is 22.1 Å². The van der Waals surface area contributed by atoms with E-state index in [9.17, 15) is 0 Å². The van der Waals surface area contributed by atoms with Gasteiger partial charge in [-0.1, -0.05) is 27.5 Å². The summed E-state index contributed by atoms with van der Waals surface area (Å²) in [4.78, 5) is 2.55. The fourth-order valence-corrected chi connectivity index (χ4v) is 5.02. The summed E-state index contributed by atoms with van der Waals surface area (Å²) in [5.74, 6) is 3.23. The van der Waals surface area contributed by atoms with E-state index in [1.54, 1.807) is 0 Å². The van der Waals surface area contributed by atoms with Crippen LogP contribution >= 0.6 is 27.5 Å². The van der Waals surface area contributed by atoms with Crippen molar-refractivity contribution in [2.45, 2.75) is 45.6 Å². The predicted molar refractivity (Wildman–Crippen MR) is 124 cm³/mol.